The van der Waals surface area contributed by atoms with E-state index in [0.717, 1.165) is 18.4 Å². The average molecular weight is 324 g/mol. The summed E-state index contributed by atoms with van der Waals surface area (Å²) in [4.78, 5) is 23.4. The molecule has 0 aromatic heterocycles. The highest BCUT2D eigenvalue weighted by Gasteiger charge is 2.18. The van der Waals surface area contributed by atoms with E-state index in [4.69, 9.17) is 16.3 Å². The van der Waals surface area contributed by atoms with Crippen molar-refractivity contribution in [1.29, 1.82) is 0 Å². The van der Waals surface area contributed by atoms with E-state index in [1.165, 1.54) is 19.3 Å². The van der Waals surface area contributed by atoms with Crippen LogP contribution in [0.4, 0.5) is 0 Å². The lowest BCUT2D eigenvalue weighted by atomic mass is 9.87. The first kappa shape index (κ1) is 16.8. The topological polar surface area (TPSA) is 55.4 Å². The summed E-state index contributed by atoms with van der Waals surface area (Å²) in [6.45, 7) is 0.106. The van der Waals surface area contributed by atoms with Gasteiger partial charge in [-0.15, -0.1) is 0 Å². The number of halogens is 1. The molecule has 1 aliphatic carbocycles. The predicted octanol–water partition coefficient (Wildman–Crippen LogP) is 3.47. The number of hydrogen-bond acceptors (Lipinski definition) is 3. The lowest BCUT2D eigenvalue weighted by Crippen LogP contribution is -2.29. The normalized spacial score (nSPS) is 15.3. The molecule has 120 valence electrons. The van der Waals surface area contributed by atoms with E-state index in [2.05, 4.69) is 5.32 Å². The summed E-state index contributed by atoms with van der Waals surface area (Å²) in [7, 11) is 0. The first-order chi connectivity index (χ1) is 10.6. The number of carbonyl (C=O) groups excluding carboxylic acids is 2. The molecule has 0 atom stereocenters. The number of hydrogen-bond donors (Lipinski definition) is 1. The Morgan fingerprint density at radius 2 is 1.91 bits per heavy atom. The van der Waals surface area contributed by atoms with Gasteiger partial charge in [-0.25, -0.2) is 0 Å². The minimum Gasteiger partial charge on any atom is -0.456 e. The lowest BCUT2D eigenvalue weighted by Gasteiger charge is -2.20. The van der Waals surface area contributed by atoms with Crippen molar-refractivity contribution in [2.45, 2.75) is 45.1 Å². The third-order valence-electron chi connectivity index (χ3n) is 3.98. The van der Waals surface area contributed by atoms with Gasteiger partial charge in [0.05, 0.1) is 0 Å². The second kappa shape index (κ2) is 8.79. The van der Waals surface area contributed by atoms with Crippen molar-refractivity contribution < 1.29 is 14.3 Å². The van der Waals surface area contributed by atoms with E-state index in [-0.39, 0.29) is 18.5 Å². The highest BCUT2D eigenvalue weighted by molar-refractivity contribution is 6.31. The van der Waals surface area contributed by atoms with Crippen LogP contribution in [-0.2, 0) is 20.9 Å². The van der Waals surface area contributed by atoms with Crippen molar-refractivity contribution in [2.24, 2.45) is 5.92 Å². The molecule has 4 nitrogen and oxygen atoms in total. The van der Waals surface area contributed by atoms with Crippen LogP contribution in [0, 0.1) is 5.92 Å². The maximum absolute atomic E-state index is 11.7. The Morgan fingerprint density at radius 1 is 1.18 bits per heavy atom. The van der Waals surface area contributed by atoms with Gasteiger partial charge >= 0.3 is 5.97 Å². The molecule has 1 fully saturated rings. The van der Waals surface area contributed by atoms with E-state index >= 15 is 0 Å². The minimum atomic E-state index is -0.308. The van der Waals surface area contributed by atoms with Crippen molar-refractivity contribution in [2.75, 3.05) is 6.61 Å². The van der Waals surface area contributed by atoms with Gasteiger partial charge in [-0.2, -0.15) is 0 Å². The van der Waals surface area contributed by atoms with Gasteiger partial charge < -0.3 is 10.1 Å². The summed E-state index contributed by atoms with van der Waals surface area (Å²) < 4.78 is 5.04. The zero-order valence-corrected chi connectivity index (χ0v) is 13.4. The van der Waals surface area contributed by atoms with E-state index < -0.39 is 0 Å². The van der Waals surface area contributed by atoms with Gasteiger partial charge in [-0.3, -0.25) is 9.59 Å². The van der Waals surface area contributed by atoms with Gasteiger partial charge in [0.1, 0.15) is 0 Å². The number of amides is 1. The highest BCUT2D eigenvalue weighted by Crippen LogP contribution is 2.26. The molecule has 1 saturated carbocycles. The van der Waals surface area contributed by atoms with Crippen molar-refractivity contribution in [3.05, 3.63) is 34.9 Å². The molecule has 0 spiro atoms. The van der Waals surface area contributed by atoms with Crippen molar-refractivity contribution >= 4 is 23.5 Å². The molecule has 1 aliphatic rings. The molecule has 22 heavy (non-hydrogen) atoms. The van der Waals surface area contributed by atoms with Gasteiger partial charge in [0.2, 0.25) is 0 Å². The lowest BCUT2D eigenvalue weighted by molar-refractivity contribution is -0.149. The molecule has 2 rings (SSSR count). The minimum absolute atomic E-state index is 0.226. The highest BCUT2D eigenvalue weighted by atomic mass is 35.5. The molecule has 1 aromatic rings. The SMILES string of the molecule is O=C(COC(=O)CC1CCCCC1)NCc1ccccc1Cl. The number of benzene rings is 1. The monoisotopic (exact) mass is 323 g/mol. The number of rotatable bonds is 6. The summed E-state index contributed by atoms with van der Waals surface area (Å²) in [5.74, 6) is -0.163. The van der Waals surface area contributed by atoms with Crippen LogP contribution >= 0.6 is 11.6 Å². The first-order valence-electron chi connectivity index (χ1n) is 7.81. The molecule has 0 heterocycles. The van der Waals surface area contributed by atoms with Gasteiger partial charge in [-0.05, 0) is 30.4 Å². The van der Waals surface area contributed by atoms with Crippen LogP contribution in [0.2, 0.25) is 5.02 Å². The fourth-order valence-electron chi connectivity index (χ4n) is 2.72. The molecule has 0 radical (unpaired) electrons. The number of ether oxygens (including phenoxy) is 1. The second-order valence-corrected chi connectivity index (χ2v) is 6.14. The fraction of sp³-hybridized carbons (Fsp3) is 0.529. The van der Waals surface area contributed by atoms with Gasteiger partial charge in [0, 0.05) is 18.0 Å². The van der Waals surface area contributed by atoms with Crippen LogP contribution in [-0.4, -0.2) is 18.5 Å². The second-order valence-electron chi connectivity index (χ2n) is 5.74. The van der Waals surface area contributed by atoms with E-state index in [9.17, 15) is 9.59 Å². The van der Waals surface area contributed by atoms with Gasteiger partial charge in [-0.1, -0.05) is 49.1 Å². The van der Waals surface area contributed by atoms with Crippen LogP contribution in [0.3, 0.4) is 0 Å². The maximum atomic E-state index is 11.7. The smallest absolute Gasteiger partial charge is 0.306 e. The first-order valence-corrected chi connectivity index (χ1v) is 8.18. The van der Waals surface area contributed by atoms with E-state index in [0.29, 0.717) is 23.9 Å². The van der Waals surface area contributed by atoms with Crippen molar-refractivity contribution in [3.63, 3.8) is 0 Å². The standard InChI is InChI=1S/C17H22ClNO3/c18-15-9-5-4-8-14(15)11-19-16(20)12-22-17(21)10-13-6-2-1-3-7-13/h4-5,8-9,13H,1-3,6-7,10-12H2,(H,19,20). The Balaban J connectivity index is 1.64. The molecule has 5 heteroatoms. The van der Waals surface area contributed by atoms with Crippen LogP contribution in [0.15, 0.2) is 24.3 Å². The molecule has 0 saturated heterocycles. The zero-order valence-electron chi connectivity index (χ0n) is 12.6. The van der Waals surface area contributed by atoms with Crippen LogP contribution in [0.5, 0.6) is 0 Å². The van der Waals surface area contributed by atoms with E-state index in [1.807, 2.05) is 18.2 Å². The molecule has 0 unspecified atom stereocenters. The summed E-state index contributed by atoms with van der Waals surface area (Å²) in [6.07, 6.45) is 6.25. The van der Waals surface area contributed by atoms with Gasteiger partial charge in [0.25, 0.3) is 5.91 Å². The summed E-state index contributed by atoms with van der Waals surface area (Å²) >= 11 is 6.01. The fourth-order valence-corrected chi connectivity index (χ4v) is 2.92. The molecule has 1 amide bonds. The largest absolute Gasteiger partial charge is 0.456 e. The summed E-state index contributed by atoms with van der Waals surface area (Å²) in [5.41, 5.74) is 0.839. The quantitative estimate of drug-likeness (QED) is 0.815. The van der Waals surface area contributed by atoms with Gasteiger partial charge in [0.15, 0.2) is 6.61 Å². The molecular formula is C17H22ClNO3. The van der Waals surface area contributed by atoms with E-state index in [1.54, 1.807) is 6.07 Å². The molecular weight excluding hydrogens is 302 g/mol. The Kier molecular flexibility index (Phi) is 6.72. The Bertz CT molecular complexity index is 512. The average Bonchev–Trinajstić information content (AvgIpc) is 2.53. The van der Waals surface area contributed by atoms with Crippen LogP contribution in [0.25, 0.3) is 0 Å². The number of carbonyl (C=O) groups is 2. The third-order valence-corrected chi connectivity index (χ3v) is 4.35. The zero-order chi connectivity index (χ0) is 15.8. The van der Waals surface area contributed by atoms with Crippen LogP contribution < -0.4 is 5.32 Å². The van der Waals surface area contributed by atoms with Crippen molar-refractivity contribution in [3.8, 4) is 0 Å². The third kappa shape index (κ3) is 5.68. The molecule has 0 bridgehead atoms. The Morgan fingerprint density at radius 3 is 2.64 bits per heavy atom. The predicted molar refractivity (Wildman–Crippen MR) is 85.4 cm³/mol. The Hall–Kier alpha value is -1.55. The van der Waals surface area contributed by atoms with Crippen LogP contribution in [0.1, 0.15) is 44.1 Å². The Labute approximate surface area is 136 Å². The van der Waals surface area contributed by atoms with Crippen molar-refractivity contribution in [1.82, 2.24) is 5.32 Å². The molecule has 1 aromatic carbocycles. The molecule has 1 N–H and O–H groups in total. The summed E-state index contributed by atoms with van der Waals surface area (Å²) in [6, 6.07) is 7.31. The summed E-state index contributed by atoms with van der Waals surface area (Å²) in [5, 5.41) is 3.31. The number of esters is 1. The maximum Gasteiger partial charge on any atom is 0.306 e. The molecule has 0 aliphatic heterocycles. The number of nitrogens with one attached hydrogen (secondary N) is 1.